The van der Waals surface area contributed by atoms with Crippen LogP contribution in [0.2, 0.25) is 0 Å². The number of carbonyl (C=O) groups is 1. The fourth-order valence-corrected chi connectivity index (χ4v) is 4.28. The number of hydrogen-bond acceptors (Lipinski definition) is 6. The van der Waals surface area contributed by atoms with Crippen molar-refractivity contribution in [2.45, 2.75) is 31.7 Å². The van der Waals surface area contributed by atoms with Crippen molar-refractivity contribution in [3.63, 3.8) is 0 Å². The molecule has 26 heavy (non-hydrogen) atoms. The van der Waals surface area contributed by atoms with Gasteiger partial charge < -0.3 is 4.90 Å². The number of aromatic nitrogens is 2. The molecular weight excluding hydrogens is 374 g/mol. The minimum absolute atomic E-state index is 0.0277. The first-order chi connectivity index (χ1) is 12.4. The lowest BCUT2D eigenvalue weighted by molar-refractivity contribution is 0.0604. The molecule has 1 aliphatic rings. The van der Waals surface area contributed by atoms with Crippen molar-refractivity contribution < 1.29 is 13.2 Å². The van der Waals surface area contributed by atoms with Crippen LogP contribution in [0.15, 0.2) is 18.2 Å². The molecule has 0 saturated carbocycles. The average molecular weight is 398 g/mol. The van der Waals surface area contributed by atoms with E-state index >= 15 is 0 Å². The number of carbonyl (C=O) groups excluding carboxylic acids is 1. The molecule has 0 aliphatic carbocycles. The summed E-state index contributed by atoms with van der Waals surface area (Å²) in [7, 11) is -0.464. The van der Waals surface area contributed by atoms with Gasteiger partial charge in [-0.3, -0.25) is 4.79 Å². The highest BCUT2D eigenvalue weighted by Crippen LogP contribution is 2.23. The molecule has 1 aliphatic heterocycles. The third kappa shape index (κ3) is 4.20. The highest BCUT2D eigenvalue weighted by molar-refractivity contribution is 7.87. The zero-order valence-corrected chi connectivity index (χ0v) is 16.5. The first-order valence-electron chi connectivity index (χ1n) is 8.59. The second-order valence-electron chi connectivity index (χ2n) is 6.59. The van der Waals surface area contributed by atoms with Gasteiger partial charge in [-0.05, 0) is 43.9 Å². The topological polar surface area (TPSA) is 95.5 Å². The molecule has 8 nitrogen and oxygen atoms in total. The summed E-state index contributed by atoms with van der Waals surface area (Å²) in [5.41, 5.74) is 2.12. The standard InChI is InChI=1S/C16H23N5O3S2/c1-20(2)26(23,24)17-9-8-13-5-3-4-10-21(13)16(22)12-6-7-14-15(11-12)19-25-18-14/h6-7,11,13,17H,3-5,8-10H2,1-2H3. The van der Waals surface area contributed by atoms with Crippen LogP contribution in [0.25, 0.3) is 11.0 Å². The molecule has 1 amide bonds. The van der Waals surface area contributed by atoms with E-state index in [1.165, 1.54) is 14.1 Å². The lowest BCUT2D eigenvalue weighted by Gasteiger charge is -2.36. The Morgan fingerprint density at radius 1 is 1.31 bits per heavy atom. The van der Waals surface area contributed by atoms with E-state index in [0.717, 1.165) is 46.3 Å². The van der Waals surface area contributed by atoms with Gasteiger partial charge >= 0.3 is 0 Å². The van der Waals surface area contributed by atoms with Gasteiger partial charge in [0.25, 0.3) is 16.1 Å². The maximum atomic E-state index is 13.0. The summed E-state index contributed by atoms with van der Waals surface area (Å²) in [6.07, 6.45) is 3.49. The third-order valence-electron chi connectivity index (χ3n) is 4.63. The van der Waals surface area contributed by atoms with E-state index in [2.05, 4.69) is 13.5 Å². The summed E-state index contributed by atoms with van der Waals surface area (Å²) in [6, 6.07) is 5.41. The Morgan fingerprint density at radius 2 is 2.08 bits per heavy atom. The van der Waals surface area contributed by atoms with E-state index in [1.54, 1.807) is 12.1 Å². The summed E-state index contributed by atoms with van der Waals surface area (Å²) in [6.45, 7) is 1.00. The van der Waals surface area contributed by atoms with E-state index in [9.17, 15) is 13.2 Å². The monoisotopic (exact) mass is 397 g/mol. The Labute approximate surface area is 157 Å². The third-order valence-corrected chi connectivity index (χ3v) is 6.72. The van der Waals surface area contributed by atoms with E-state index in [0.29, 0.717) is 25.1 Å². The molecule has 1 unspecified atom stereocenters. The molecule has 10 heteroatoms. The molecule has 1 aromatic carbocycles. The highest BCUT2D eigenvalue weighted by Gasteiger charge is 2.28. The second-order valence-corrected chi connectivity index (χ2v) is 9.08. The predicted molar refractivity (Wildman–Crippen MR) is 101 cm³/mol. The van der Waals surface area contributed by atoms with Gasteiger partial charge in [-0.2, -0.15) is 21.5 Å². The van der Waals surface area contributed by atoms with E-state index in [1.807, 2.05) is 11.0 Å². The van der Waals surface area contributed by atoms with Crippen molar-refractivity contribution in [2.24, 2.45) is 0 Å². The number of piperidine rings is 1. The van der Waals surface area contributed by atoms with Crippen molar-refractivity contribution in [3.05, 3.63) is 23.8 Å². The Kier molecular flexibility index (Phi) is 5.86. The first-order valence-corrected chi connectivity index (χ1v) is 10.8. The number of benzene rings is 1. The zero-order valence-electron chi connectivity index (χ0n) is 14.9. The molecule has 1 N–H and O–H groups in total. The van der Waals surface area contributed by atoms with Crippen LogP contribution in [-0.2, 0) is 10.2 Å². The summed E-state index contributed by atoms with van der Waals surface area (Å²) in [5, 5.41) is 0. The van der Waals surface area contributed by atoms with E-state index < -0.39 is 10.2 Å². The van der Waals surface area contributed by atoms with Crippen LogP contribution in [0, 0.1) is 0 Å². The van der Waals surface area contributed by atoms with Crippen LogP contribution in [0.4, 0.5) is 0 Å². The Bertz CT molecular complexity index is 881. The van der Waals surface area contributed by atoms with E-state index in [4.69, 9.17) is 0 Å². The molecule has 0 spiro atoms. The van der Waals surface area contributed by atoms with Crippen LogP contribution in [0.5, 0.6) is 0 Å². The summed E-state index contributed by atoms with van der Waals surface area (Å²) >= 11 is 1.13. The molecule has 142 valence electrons. The molecule has 2 aromatic rings. The molecule has 0 radical (unpaired) electrons. The fraction of sp³-hybridized carbons (Fsp3) is 0.562. The second kappa shape index (κ2) is 7.95. The van der Waals surface area contributed by atoms with Crippen LogP contribution < -0.4 is 4.72 Å². The maximum absolute atomic E-state index is 13.0. The van der Waals surface area contributed by atoms with Crippen LogP contribution in [-0.4, -0.2) is 65.5 Å². The summed E-state index contributed by atoms with van der Waals surface area (Å²) in [4.78, 5) is 14.8. The van der Waals surface area contributed by atoms with Crippen molar-refractivity contribution in [1.82, 2.24) is 22.7 Å². The minimum Gasteiger partial charge on any atom is -0.336 e. The normalized spacial score (nSPS) is 18.6. The lowest BCUT2D eigenvalue weighted by Crippen LogP contribution is -2.46. The largest absolute Gasteiger partial charge is 0.336 e. The number of fused-ring (bicyclic) bond motifs is 1. The molecule has 0 bridgehead atoms. The number of amides is 1. The smallest absolute Gasteiger partial charge is 0.278 e. The van der Waals surface area contributed by atoms with Crippen molar-refractivity contribution in [2.75, 3.05) is 27.2 Å². The number of likely N-dealkylation sites (tertiary alicyclic amines) is 1. The van der Waals surface area contributed by atoms with Gasteiger partial charge in [0.15, 0.2) is 0 Å². The fourth-order valence-electron chi connectivity index (χ4n) is 3.13. The molecule has 3 rings (SSSR count). The molecule has 1 atom stereocenters. The Morgan fingerprint density at radius 3 is 2.85 bits per heavy atom. The van der Waals surface area contributed by atoms with Gasteiger partial charge in [-0.25, -0.2) is 4.72 Å². The SMILES string of the molecule is CN(C)S(=O)(=O)NCCC1CCCCN1C(=O)c1ccc2nsnc2c1. The van der Waals surface area contributed by atoms with Crippen molar-refractivity contribution in [1.29, 1.82) is 0 Å². The molecule has 1 aromatic heterocycles. The number of rotatable bonds is 6. The lowest BCUT2D eigenvalue weighted by atomic mass is 9.98. The van der Waals surface area contributed by atoms with Gasteiger partial charge in [0.05, 0.1) is 11.7 Å². The van der Waals surface area contributed by atoms with Gasteiger partial charge in [-0.15, -0.1) is 0 Å². The maximum Gasteiger partial charge on any atom is 0.278 e. The van der Waals surface area contributed by atoms with Crippen LogP contribution >= 0.6 is 11.7 Å². The summed E-state index contributed by atoms with van der Waals surface area (Å²) in [5.74, 6) is -0.0277. The van der Waals surface area contributed by atoms with E-state index in [-0.39, 0.29) is 11.9 Å². The Balaban J connectivity index is 1.68. The number of nitrogens with one attached hydrogen (secondary N) is 1. The predicted octanol–water partition coefficient (Wildman–Crippen LogP) is 1.47. The number of hydrogen-bond donors (Lipinski definition) is 1. The first kappa shape index (κ1) is 19.2. The highest BCUT2D eigenvalue weighted by atomic mass is 32.2. The van der Waals surface area contributed by atoms with Crippen LogP contribution in [0.1, 0.15) is 36.0 Å². The molecule has 2 heterocycles. The van der Waals surface area contributed by atoms with Gasteiger partial charge in [-0.1, -0.05) is 0 Å². The molecule has 1 saturated heterocycles. The van der Waals surface area contributed by atoms with Gasteiger partial charge in [0.1, 0.15) is 11.0 Å². The summed E-state index contributed by atoms with van der Waals surface area (Å²) < 4.78 is 35.7. The zero-order chi connectivity index (χ0) is 18.7. The average Bonchev–Trinajstić information content (AvgIpc) is 3.09. The van der Waals surface area contributed by atoms with Crippen molar-refractivity contribution >= 4 is 38.9 Å². The van der Waals surface area contributed by atoms with Gasteiger partial charge in [0.2, 0.25) is 0 Å². The quantitative estimate of drug-likeness (QED) is 0.796. The minimum atomic E-state index is -3.44. The van der Waals surface area contributed by atoms with Gasteiger partial charge in [0, 0.05) is 38.8 Å². The molecule has 1 fully saturated rings. The van der Waals surface area contributed by atoms with Crippen LogP contribution in [0.3, 0.4) is 0 Å². The number of nitrogens with zero attached hydrogens (tertiary/aromatic N) is 4. The van der Waals surface area contributed by atoms with Crippen molar-refractivity contribution in [3.8, 4) is 0 Å². The Hall–Kier alpha value is -1.62. The molecular formula is C16H23N5O3S2.